The Morgan fingerprint density at radius 2 is 2.12 bits per heavy atom. The van der Waals surface area contributed by atoms with Gasteiger partial charge in [-0.3, -0.25) is 9.69 Å². The van der Waals surface area contributed by atoms with Gasteiger partial charge in [0.1, 0.15) is 9.85 Å². The maximum absolute atomic E-state index is 12.8. The molecule has 0 aliphatic carbocycles. The van der Waals surface area contributed by atoms with Crippen LogP contribution in [-0.2, 0) is 15.0 Å². The summed E-state index contributed by atoms with van der Waals surface area (Å²) in [6, 6.07) is 3.06. The van der Waals surface area contributed by atoms with Crippen molar-refractivity contribution in [2.75, 3.05) is 11.4 Å². The van der Waals surface area contributed by atoms with Crippen LogP contribution < -0.4 is 4.90 Å². The molecule has 0 bridgehead atoms. The Morgan fingerprint density at radius 1 is 1.41 bits per heavy atom. The van der Waals surface area contributed by atoms with Crippen LogP contribution in [-0.4, -0.2) is 36.3 Å². The highest BCUT2D eigenvalue weighted by Gasteiger charge is 2.39. The first kappa shape index (κ1) is 12.4. The SMILES string of the molecule is O=C1CC(S(=O)(=O)F)CN1c1ccc(Br)nn1. The third kappa shape index (κ3) is 2.60. The molecule has 1 aliphatic heterocycles. The predicted octanol–water partition coefficient (Wildman–Crippen LogP) is 0.644. The van der Waals surface area contributed by atoms with Gasteiger partial charge < -0.3 is 0 Å². The molecule has 6 nitrogen and oxygen atoms in total. The zero-order chi connectivity index (χ0) is 12.6. The number of hydrogen-bond acceptors (Lipinski definition) is 5. The summed E-state index contributed by atoms with van der Waals surface area (Å²) in [7, 11) is -4.70. The van der Waals surface area contributed by atoms with Gasteiger partial charge in [-0.05, 0) is 28.1 Å². The van der Waals surface area contributed by atoms with Crippen molar-refractivity contribution in [1.29, 1.82) is 0 Å². The molecule has 1 fully saturated rings. The maximum atomic E-state index is 12.8. The van der Waals surface area contributed by atoms with Gasteiger partial charge in [-0.15, -0.1) is 14.1 Å². The fourth-order valence-electron chi connectivity index (χ4n) is 1.54. The second-order valence-electron chi connectivity index (χ2n) is 3.52. The first-order valence-electron chi connectivity index (χ1n) is 4.61. The highest BCUT2D eigenvalue weighted by atomic mass is 79.9. The second kappa shape index (κ2) is 4.30. The van der Waals surface area contributed by atoms with Crippen LogP contribution in [0.4, 0.5) is 9.70 Å². The van der Waals surface area contributed by atoms with Gasteiger partial charge in [0, 0.05) is 13.0 Å². The zero-order valence-electron chi connectivity index (χ0n) is 8.38. The lowest BCUT2D eigenvalue weighted by molar-refractivity contribution is -0.117. The summed E-state index contributed by atoms with van der Waals surface area (Å²) < 4.78 is 34.7. The zero-order valence-corrected chi connectivity index (χ0v) is 10.8. The number of carbonyl (C=O) groups is 1. The molecule has 1 aliphatic rings. The van der Waals surface area contributed by atoms with E-state index in [1.165, 1.54) is 6.07 Å². The Morgan fingerprint density at radius 3 is 2.59 bits per heavy atom. The Balaban J connectivity index is 2.24. The monoisotopic (exact) mass is 323 g/mol. The van der Waals surface area contributed by atoms with E-state index in [-0.39, 0.29) is 18.8 Å². The van der Waals surface area contributed by atoms with Crippen LogP contribution in [0.5, 0.6) is 0 Å². The molecular formula is C8H7BrFN3O3S. The molecule has 0 aromatic carbocycles. The minimum atomic E-state index is -4.70. The topological polar surface area (TPSA) is 80.2 Å². The number of nitrogens with zero attached hydrogens (tertiary/aromatic N) is 3. The van der Waals surface area contributed by atoms with Crippen molar-refractivity contribution >= 4 is 37.9 Å². The molecule has 0 radical (unpaired) electrons. The highest BCUT2D eigenvalue weighted by Crippen LogP contribution is 2.24. The second-order valence-corrected chi connectivity index (χ2v) is 5.95. The standard InChI is InChI=1S/C8H7BrFN3O3S/c9-6-1-2-7(12-11-6)13-4-5(3-8(13)14)17(10,15)16/h1-2,5H,3-4H2. The van der Waals surface area contributed by atoms with Crippen LogP contribution in [0.1, 0.15) is 6.42 Å². The average Bonchev–Trinajstić information content (AvgIpc) is 2.61. The van der Waals surface area contributed by atoms with E-state index in [2.05, 4.69) is 26.1 Å². The number of aromatic nitrogens is 2. The van der Waals surface area contributed by atoms with Gasteiger partial charge in [0.25, 0.3) is 0 Å². The van der Waals surface area contributed by atoms with Crippen LogP contribution in [0.2, 0.25) is 0 Å². The van der Waals surface area contributed by atoms with Gasteiger partial charge in [-0.1, -0.05) is 0 Å². The van der Waals surface area contributed by atoms with Crippen LogP contribution in [0.3, 0.4) is 0 Å². The number of amides is 1. The quantitative estimate of drug-likeness (QED) is 0.746. The number of carbonyl (C=O) groups excluding carboxylic acids is 1. The predicted molar refractivity (Wildman–Crippen MR) is 60.5 cm³/mol. The molecule has 1 unspecified atom stereocenters. The van der Waals surface area contributed by atoms with Gasteiger partial charge in [0.15, 0.2) is 5.82 Å². The van der Waals surface area contributed by atoms with Crippen molar-refractivity contribution in [2.24, 2.45) is 0 Å². The first-order valence-corrected chi connectivity index (χ1v) is 6.85. The minimum Gasteiger partial charge on any atom is -0.294 e. The smallest absolute Gasteiger partial charge is 0.294 e. The summed E-state index contributed by atoms with van der Waals surface area (Å²) >= 11 is 3.08. The molecule has 0 spiro atoms. The molecule has 1 amide bonds. The van der Waals surface area contributed by atoms with Crippen LogP contribution >= 0.6 is 15.9 Å². The number of halogens is 2. The van der Waals surface area contributed by atoms with Crippen molar-refractivity contribution in [3.63, 3.8) is 0 Å². The third-order valence-corrected chi connectivity index (χ3v) is 3.92. The van der Waals surface area contributed by atoms with Crippen LogP contribution in [0.15, 0.2) is 16.7 Å². The summed E-state index contributed by atoms with van der Waals surface area (Å²) in [5, 5.41) is 6.07. The molecule has 1 aromatic heterocycles. The van der Waals surface area contributed by atoms with E-state index in [0.717, 1.165) is 4.90 Å². The van der Waals surface area contributed by atoms with Gasteiger partial charge in [-0.25, -0.2) is 0 Å². The molecule has 1 aromatic rings. The number of hydrogen-bond donors (Lipinski definition) is 0. The number of anilines is 1. The molecule has 0 saturated carbocycles. The fourth-order valence-corrected chi connectivity index (χ4v) is 2.42. The van der Waals surface area contributed by atoms with Crippen molar-refractivity contribution in [1.82, 2.24) is 10.2 Å². The van der Waals surface area contributed by atoms with Crippen LogP contribution in [0.25, 0.3) is 0 Å². The largest absolute Gasteiger partial charge is 0.307 e. The van der Waals surface area contributed by atoms with E-state index in [1.54, 1.807) is 6.07 Å². The molecule has 0 N–H and O–H groups in total. The molecule has 2 heterocycles. The van der Waals surface area contributed by atoms with E-state index in [4.69, 9.17) is 0 Å². The van der Waals surface area contributed by atoms with E-state index in [9.17, 15) is 17.1 Å². The first-order chi connectivity index (χ1) is 7.88. The molecule has 9 heteroatoms. The Kier molecular flexibility index (Phi) is 3.13. The van der Waals surface area contributed by atoms with Crippen molar-refractivity contribution in [3.8, 4) is 0 Å². The molecule has 92 valence electrons. The lowest BCUT2D eigenvalue weighted by Crippen LogP contribution is -2.27. The third-order valence-electron chi connectivity index (χ3n) is 2.38. The fraction of sp³-hybridized carbons (Fsp3) is 0.375. The normalized spacial score (nSPS) is 20.9. The summed E-state index contributed by atoms with van der Waals surface area (Å²) in [6.07, 6.45) is -0.365. The van der Waals surface area contributed by atoms with E-state index >= 15 is 0 Å². The Bertz CT molecular complexity index is 548. The molecular weight excluding hydrogens is 317 g/mol. The molecule has 2 rings (SSSR count). The lowest BCUT2D eigenvalue weighted by Gasteiger charge is -2.13. The van der Waals surface area contributed by atoms with Crippen molar-refractivity contribution in [3.05, 3.63) is 16.7 Å². The van der Waals surface area contributed by atoms with E-state index in [0.29, 0.717) is 4.60 Å². The summed E-state index contributed by atoms with van der Waals surface area (Å²) in [6.45, 7) is -0.228. The van der Waals surface area contributed by atoms with Crippen molar-refractivity contribution in [2.45, 2.75) is 11.7 Å². The summed E-state index contributed by atoms with van der Waals surface area (Å²) in [4.78, 5) is 12.6. The lowest BCUT2D eigenvalue weighted by atomic mass is 10.4. The Labute approximate surface area is 105 Å². The minimum absolute atomic E-state index is 0.212. The average molecular weight is 324 g/mol. The number of rotatable bonds is 2. The molecule has 1 saturated heterocycles. The molecule has 17 heavy (non-hydrogen) atoms. The van der Waals surface area contributed by atoms with E-state index < -0.39 is 21.4 Å². The highest BCUT2D eigenvalue weighted by molar-refractivity contribution is 9.10. The summed E-state index contributed by atoms with van der Waals surface area (Å²) in [5.41, 5.74) is 0. The Hall–Kier alpha value is -1.09. The summed E-state index contributed by atoms with van der Waals surface area (Å²) in [5.74, 6) is -0.266. The van der Waals surface area contributed by atoms with Gasteiger partial charge in [0.2, 0.25) is 5.91 Å². The van der Waals surface area contributed by atoms with Gasteiger partial charge >= 0.3 is 10.2 Å². The maximum Gasteiger partial charge on any atom is 0.307 e. The van der Waals surface area contributed by atoms with Crippen LogP contribution in [0, 0.1) is 0 Å². The molecule has 1 atom stereocenters. The van der Waals surface area contributed by atoms with Gasteiger partial charge in [-0.2, -0.15) is 8.42 Å². The van der Waals surface area contributed by atoms with E-state index in [1.807, 2.05) is 0 Å². The van der Waals surface area contributed by atoms with Crippen molar-refractivity contribution < 1.29 is 17.1 Å². The van der Waals surface area contributed by atoms with Gasteiger partial charge in [0.05, 0.1) is 0 Å².